The van der Waals surface area contributed by atoms with Crippen LogP contribution in [0.15, 0.2) is 0 Å². The molecule has 0 aromatic carbocycles. The van der Waals surface area contributed by atoms with Crippen molar-refractivity contribution in [1.29, 1.82) is 0 Å². The molecule has 0 rings (SSSR count). The van der Waals surface area contributed by atoms with Crippen molar-refractivity contribution in [3.05, 3.63) is 39.2 Å². The maximum absolute atomic E-state index is 9.92. The van der Waals surface area contributed by atoms with Crippen LogP contribution in [-0.4, -0.2) is 23.3 Å². The van der Waals surface area contributed by atoms with Gasteiger partial charge in [-0.25, -0.2) is 0 Å². The molecule has 0 aliphatic carbocycles. The van der Waals surface area contributed by atoms with Gasteiger partial charge >= 0.3 is 33.9 Å². The predicted octanol–water partition coefficient (Wildman–Crippen LogP) is 1.90. The van der Waals surface area contributed by atoms with Gasteiger partial charge in [0.05, 0.1) is 6.10 Å². The van der Waals surface area contributed by atoms with E-state index in [0.29, 0.717) is 0 Å². The van der Waals surface area contributed by atoms with Gasteiger partial charge < -0.3 is 14.6 Å². The Morgan fingerprint density at radius 3 is 2.21 bits per heavy atom. The van der Waals surface area contributed by atoms with Crippen molar-refractivity contribution in [2.45, 2.75) is 51.7 Å². The zero-order valence-electron chi connectivity index (χ0n) is 13.8. The van der Waals surface area contributed by atoms with Gasteiger partial charge in [0.2, 0.25) is 0 Å². The fraction of sp³-hybridized carbons (Fsp3) is 0.471. The van der Waals surface area contributed by atoms with E-state index in [0.717, 1.165) is 19.3 Å². The van der Waals surface area contributed by atoms with Gasteiger partial charge in [-0.05, 0) is 26.7 Å². The summed E-state index contributed by atoms with van der Waals surface area (Å²) in [7, 11) is 0. The maximum Gasteiger partial charge on any atom is 0 e. The molecule has 0 amide bonds. The van der Waals surface area contributed by atoms with Crippen LogP contribution in [-0.2, 0) is 40.6 Å². The van der Waals surface area contributed by atoms with Crippen LogP contribution in [0.5, 0.6) is 0 Å². The van der Waals surface area contributed by atoms with E-state index < -0.39 is 5.60 Å². The fourth-order valence-electron chi connectivity index (χ4n) is 1.06. The third-order valence-electron chi connectivity index (χ3n) is 2.03. The van der Waals surface area contributed by atoms with E-state index in [9.17, 15) is 9.90 Å². The molecule has 0 aliphatic rings. The van der Waals surface area contributed by atoms with E-state index in [1.54, 1.807) is 33.1 Å². The molecule has 0 aliphatic heterocycles. The summed E-state index contributed by atoms with van der Waals surface area (Å²) in [5.74, 6) is 5.71. The summed E-state index contributed by atoms with van der Waals surface area (Å²) in [6.07, 6.45) is 7.42. The van der Waals surface area contributed by atoms with Crippen LogP contribution >= 0.6 is 0 Å². The molecule has 0 spiro atoms. The second-order valence-corrected chi connectivity index (χ2v) is 4.01. The largest absolute Gasteiger partial charge is 0 e. The molecule has 3 radical (unpaired) electrons. The first-order chi connectivity index (χ1) is 11.0. The van der Waals surface area contributed by atoms with Gasteiger partial charge in [-0.15, -0.1) is 5.92 Å². The van der Waals surface area contributed by atoms with E-state index in [-0.39, 0.29) is 23.2 Å². The van der Waals surface area contributed by atoms with Crippen LogP contribution in [0.4, 0.5) is 0 Å². The molecule has 1 N–H and O–H groups in total. The average Bonchev–Trinajstić information content (AvgIpc) is 2.57. The monoisotopic (exact) mass is 376 g/mol. The first-order valence-electron chi connectivity index (χ1n) is 6.41. The Kier molecular flexibility index (Phi) is 42.3. The fourth-order valence-corrected chi connectivity index (χ4v) is 1.06. The molecule has 0 saturated heterocycles. The Hall–Kier alpha value is -1.27. The van der Waals surface area contributed by atoms with Crippen molar-refractivity contribution in [1.82, 2.24) is 0 Å². The van der Waals surface area contributed by atoms with Crippen LogP contribution in [0.1, 0.15) is 40.0 Å². The molecule has 0 aromatic heterocycles. The van der Waals surface area contributed by atoms with Gasteiger partial charge in [-0.3, -0.25) is 0 Å². The predicted molar refractivity (Wildman–Crippen MR) is 78.9 cm³/mol. The van der Waals surface area contributed by atoms with Crippen molar-refractivity contribution < 1.29 is 45.7 Å². The van der Waals surface area contributed by atoms with Gasteiger partial charge in [0.1, 0.15) is 5.60 Å². The first-order valence-corrected chi connectivity index (χ1v) is 6.41. The van der Waals surface area contributed by atoms with Crippen molar-refractivity contribution in [2.24, 2.45) is 0 Å². The second-order valence-electron chi connectivity index (χ2n) is 4.01. The molecule has 6 nitrogen and oxygen atoms in total. The summed E-state index contributed by atoms with van der Waals surface area (Å²) < 4.78 is 27.0. The summed E-state index contributed by atoms with van der Waals surface area (Å²) >= 11 is 0. The van der Waals surface area contributed by atoms with Crippen molar-refractivity contribution in [3.8, 4) is 11.8 Å². The molecular weight excluding hydrogens is 356 g/mol. The zero-order valence-corrected chi connectivity index (χ0v) is 14.9. The Morgan fingerprint density at radius 1 is 1.29 bits per heavy atom. The zero-order chi connectivity index (χ0) is 19.1. The third kappa shape index (κ3) is 32.6. The smallest absolute Gasteiger partial charge is 0 e. The average molecular weight is 376 g/mol. The molecule has 0 unspecified atom stereocenters. The van der Waals surface area contributed by atoms with Crippen LogP contribution in [0, 0.1) is 51.1 Å². The second kappa shape index (κ2) is 29.7. The van der Waals surface area contributed by atoms with Crippen LogP contribution in [0.25, 0.3) is 0 Å². The van der Waals surface area contributed by atoms with E-state index in [4.69, 9.17) is 14.0 Å². The van der Waals surface area contributed by atoms with E-state index in [1.807, 2.05) is 0 Å². The summed E-state index contributed by atoms with van der Waals surface area (Å²) in [6, 6.07) is 0. The SMILES string of the molecule is CCCCC#C[C@@](C)(O)[CH][CH][CH][C@H](C)O[C-]=O.[C-]#[O+].[C-]#[O+].[C-]#[O+].[Fe]. The molecule has 133 valence electrons. The van der Waals surface area contributed by atoms with Gasteiger partial charge in [0.15, 0.2) is 0 Å². The normalized spacial score (nSPS) is 11.1. The number of carbonyl (C=O) groups excluding carboxylic acids is 1. The third-order valence-corrected chi connectivity index (χ3v) is 2.03. The Morgan fingerprint density at radius 2 is 1.79 bits per heavy atom. The molecule has 0 aromatic rings. The van der Waals surface area contributed by atoms with Crippen LogP contribution < -0.4 is 0 Å². The van der Waals surface area contributed by atoms with E-state index >= 15 is 0 Å². The number of hydrogen-bond acceptors (Lipinski definition) is 3. The number of ether oxygens (including phenoxy) is 1. The van der Waals surface area contributed by atoms with E-state index in [1.165, 1.54) is 6.47 Å². The van der Waals surface area contributed by atoms with E-state index in [2.05, 4.69) is 43.5 Å². The standard InChI is InChI=1S/C14H20O3.3CO.Fe/c1-4-5-6-7-10-14(3,16)11-8-9-13(2)17-12-15;3*1-2;/h8-9,11,13,16H,4-6H2,1-3H3;;;;/q-1;;;;/t13-,14+;;;;/m0..../s1. The van der Waals surface area contributed by atoms with Gasteiger partial charge in [-0.2, -0.15) is 0 Å². The molecule has 0 bridgehead atoms. The number of hydrogen-bond donors (Lipinski definition) is 1. The van der Waals surface area contributed by atoms with Crippen molar-refractivity contribution in [2.75, 3.05) is 0 Å². The van der Waals surface area contributed by atoms with Gasteiger partial charge in [-0.1, -0.05) is 25.7 Å². The topological polar surface area (TPSA) is 106 Å². The van der Waals surface area contributed by atoms with Gasteiger partial charge in [0, 0.05) is 36.3 Å². The number of rotatable bonds is 8. The first kappa shape index (κ1) is 34.1. The van der Waals surface area contributed by atoms with Gasteiger partial charge in [0.25, 0.3) is 0 Å². The molecule has 24 heavy (non-hydrogen) atoms. The van der Waals surface area contributed by atoms with Crippen LogP contribution in [0.2, 0.25) is 0 Å². The summed E-state index contributed by atoms with van der Waals surface area (Å²) in [6.45, 7) is 20.3. The number of unbranched alkanes of at least 4 members (excludes halogenated alkanes) is 2. The molecule has 2 atom stereocenters. The van der Waals surface area contributed by atoms with Crippen molar-refractivity contribution >= 4 is 6.47 Å². The summed E-state index contributed by atoms with van der Waals surface area (Å²) in [5.41, 5.74) is -1.14. The molecule has 0 fully saturated rings. The minimum absolute atomic E-state index is 0. The summed E-state index contributed by atoms with van der Waals surface area (Å²) in [5, 5.41) is 9.86. The minimum atomic E-state index is -1.14. The Balaban J connectivity index is -0.000000153. The van der Waals surface area contributed by atoms with Crippen molar-refractivity contribution in [3.63, 3.8) is 0 Å². The quantitative estimate of drug-likeness (QED) is 0.230. The number of aliphatic hydroxyl groups is 1. The Labute approximate surface area is 155 Å². The molecule has 0 saturated carbocycles. The summed E-state index contributed by atoms with van der Waals surface area (Å²) in [4.78, 5) is 9.92. The minimum Gasteiger partial charge on any atom is 0 e. The molecule has 0 heterocycles. The maximum atomic E-state index is 9.92. The molecular formula is C17H20FeO6-. The molecule has 7 heteroatoms. The van der Waals surface area contributed by atoms with Crippen LogP contribution in [0.3, 0.4) is 0 Å². The Bertz CT molecular complexity index is 362.